The summed E-state index contributed by atoms with van der Waals surface area (Å²) in [5, 5.41) is 1.05. The fourth-order valence-corrected chi connectivity index (χ4v) is 4.43. The summed E-state index contributed by atoms with van der Waals surface area (Å²) in [4.78, 5) is 32.1. The van der Waals surface area contributed by atoms with Gasteiger partial charge in [0.2, 0.25) is 0 Å². The highest BCUT2D eigenvalue weighted by Crippen LogP contribution is 2.39. The van der Waals surface area contributed by atoms with Crippen molar-refractivity contribution in [3.05, 3.63) is 50.8 Å². The molecule has 0 fully saturated rings. The molecule has 0 bridgehead atoms. The molecular weight excluding hydrogens is 499 g/mol. The fraction of sp³-hybridized carbons (Fsp3) is 0.519. The molecule has 2 amide bonds. The SMILES string of the molecule is CCCCN(CC)C(=O)OC(C)(C)C.Cc1nc2c(c(-c3ccc(Cl)cc3Cl)c1CN)C(=O)N(C)C2. The lowest BCUT2D eigenvalue weighted by molar-refractivity contribution is 0.0258. The Balaban J connectivity index is 0.000000284. The van der Waals surface area contributed by atoms with Gasteiger partial charge in [0.05, 0.1) is 17.8 Å². The van der Waals surface area contributed by atoms with Crippen LogP contribution < -0.4 is 5.73 Å². The van der Waals surface area contributed by atoms with Crippen LogP contribution in [0, 0.1) is 6.92 Å². The topological polar surface area (TPSA) is 88.8 Å². The summed E-state index contributed by atoms with van der Waals surface area (Å²) in [6.07, 6.45) is 1.93. The molecular formula is C27H38Cl2N4O3. The molecule has 2 aromatic rings. The number of halogens is 2. The van der Waals surface area contributed by atoms with Crippen molar-refractivity contribution in [1.29, 1.82) is 0 Å². The molecule has 1 aliphatic rings. The van der Waals surface area contributed by atoms with Crippen LogP contribution in [-0.2, 0) is 17.8 Å². The highest BCUT2D eigenvalue weighted by atomic mass is 35.5. The van der Waals surface area contributed by atoms with Crippen LogP contribution in [0.1, 0.15) is 74.8 Å². The molecule has 36 heavy (non-hydrogen) atoms. The van der Waals surface area contributed by atoms with E-state index in [0.717, 1.165) is 54.0 Å². The quantitative estimate of drug-likeness (QED) is 0.458. The van der Waals surface area contributed by atoms with Crippen molar-refractivity contribution in [2.24, 2.45) is 5.73 Å². The van der Waals surface area contributed by atoms with Crippen molar-refractivity contribution in [2.45, 2.75) is 73.1 Å². The van der Waals surface area contributed by atoms with E-state index in [1.165, 1.54) is 0 Å². The normalized spacial score (nSPS) is 12.7. The maximum atomic E-state index is 12.5. The average molecular weight is 538 g/mol. The number of rotatable bonds is 6. The highest BCUT2D eigenvalue weighted by Gasteiger charge is 2.32. The smallest absolute Gasteiger partial charge is 0.410 e. The first kappa shape index (κ1) is 29.9. The molecule has 2 heterocycles. The van der Waals surface area contributed by atoms with Gasteiger partial charge >= 0.3 is 6.09 Å². The van der Waals surface area contributed by atoms with Crippen LogP contribution in [0.2, 0.25) is 10.0 Å². The molecule has 0 saturated heterocycles. The van der Waals surface area contributed by atoms with E-state index in [1.54, 1.807) is 29.0 Å². The maximum Gasteiger partial charge on any atom is 0.410 e. The number of hydrogen-bond acceptors (Lipinski definition) is 5. The number of nitrogens with zero attached hydrogens (tertiary/aromatic N) is 3. The summed E-state index contributed by atoms with van der Waals surface area (Å²) >= 11 is 12.3. The third kappa shape index (κ3) is 7.34. The number of aromatic nitrogens is 1. The summed E-state index contributed by atoms with van der Waals surface area (Å²) in [5.74, 6) is -0.0572. The monoisotopic (exact) mass is 536 g/mol. The van der Waals surface area contributed by atoms with Gasteiger partial charge in [0.25, 0.3) is 5.91 Å². The van der Waals surface area contributed by atoms with Crippen LogP contribution in [0.5, 0.6) is 0 Å². The van der Waals surface area contributed by atoms with Gasteiger partial charge < -0.3 is 20.3 Å². The van der Waals surface area contributed by atoms with Crippen molar-refractivity contribution >= 4 is 35.2 Å². The number of carbonyl (C=O) groups is 2. The summed E-state index contributed by atoms with van der Waals surface area (Å²) in [7, 11) is 1.76. The second-order valence-electron chi connectivity index (χ2n) is 9.78. The number of pyridine rings is 1. The second kappa shape index (κ2) is 12.7. The number of fused-ring (bicyclic) bond motifs is 1. The van der Waals surface area contributed by atoms with Gasteiger partial charge in [-0.3, -0.25) is 9.78 Å². The Kier molecular flexibility index (Phi) is 10.6. The Labute approximate surface area is 224 Å². The summed E-state index contributed by atoms with van der Waals surface area (Å²) < 4.78 is 5.27. The van der Waals surface area contributed by atoms with E-state index in [-0.39, 0.29) is 18.5 Å². The van der Waals surface area contributed by atoms with Crippen LogP contribution in [0.15, 0.2) is 18.2 Å². The molecule has 1 aromatic carbocycles. The first-order valence-corrected chi connectivity index (χ1v) is 13.0. The van der Waals surface area contributed by atoms with E-state index in [9.17, 15) is 9.59 Å². The first-order valence-electron chi connectivity index (χ1n) is 12.3. The number of unbranched alkanes of at least 4 members (excludes halogenated alkanes) is 1. The minimum absolute atomic E-state index is 0.0572. The van der Waals surface area contributed by atoms with Crippen molar-refractivity contribution in [2.75, 3.05) is 20.1 Å². The van der Waals surface area contributed by atoms with Crippen LogP contribution in [0.4, 0.5) is 4.79 Å². The number of carbonyl (C=O) groups excluding carboxylic acids is 2. The van der Waals surface area contributed by atoms with E-state index in [2.05, 4.69) is 11.9 Å². The van der Waals surface area contributed by atoms with Crippen molar-refractivity contribution in [1.82, 2.24) is 14.8 Å². The molecule has 1 aromatic heterocycles. The molecule has 198 valence electrons. The Hall–Kier alpha value is -2.35. The van der Waals surface area contributed by atoms with Gasteiger partial charge in [-0.05, 0) is 58.7 Å². The van der Waals surface area contributed by atoms with Gasteiger partial charge in [0.15, 0.2) is 0 Å². The molecule has 0 radical (unpaired) electrons. The Morgan fingerprint density at radius 1 is 1.22 bits per heavy atom. The highest BCUT2D eigenvalue weighted by molar-refractivity contribution is 6.36. The van der Waals surface area contributed by atoms with E-state index in [4.69, 9.17) is 33.7 Å². The number of hydrogen-bond donors (Lipinski definition) is 1. The molecule has 9 heteroatoms. The summed E-state index contributed by atoms with van der Waals surface area (Å²) in [5.41, 5.74) is 10.1. The third-order valence-corrected chi connectivity index (χ3v) is 6.29. The number of nitrogens with two attached hydrogens (primary N) is 1. The predicted molar refractivity (Wildman–Crippen MR) is 147 cm³/mol. The Bertz CT molecular complexity index is 1100. The molecule has 2 N–H and O–H groups in total. The van der Waals surface area contributed by atoms with Crippen molar-refractivity contribution < 1.29 is 14.3 Å². The minimum atomic E-state index is -0.392. The number of aryl methyl sites for hydroxylation is 1. The summed E-state index contributed by atoms with van der Waals surface area (Å²) in [6, 6.07) is 5.25. The lowest BCUT2D eigenvalue weighted by atomic mass is 9.93. The van der Waals surface area contributed by atoms with E-state index in [0.29, 0.717) is 22.2 Å². The average Bonchev–Trinajstić information content (AvgIpc) is 3.06. The van der Waals surface area contributed by atoms with Crippen molar-refractivity contribution in [3.8, 4) is 11.1 Å². The molecule has 1 aliphatic heterocycles. The lowest BCUT2D eigenvalue weighted by Crippen LogP contribution is -2.37. The van der Waals surface area contributed by atoms with Crippen LogP contribution >= 0.6 is 23.2 Å². The fourth-order valence-electron chi connectivity index (χ4n) is 3.93. The van der Waals surface area contributed by atoms with Gasteiger partial charge in [-0.1, -0.05) is 42.6 Å². The zero-order valence-corrected chi connectivity index (χ0v) is 23.9. The van der Waals surface area contributed by atoms with Gasteiger partial charge in [-0.25, -0.2) is 4.79 Å². The number of ether oxygens (including phenoxy) is 1. The number of benzene rings is 1. The largest absolute Gasteiger partial charge is 0.444 e. The van der Waals surface area contributed by atoms with Gasteiger partial charge in [-0.2, -0.15) is 0 Å². The molecule has 7 nitrogen and oxygen atoms in total. The van der Waals surface area contributed by atoms with Crippen LogP contribution in [-0.4, -0.2) is 52.5 Å². The van der Waals surface area contributed by atoms with Gasteiger partial charge in [0.1, 0.15) is 5.60 Å². The van der Waals surface area contributed by atoms with Gasteiger partial charge in [-0.15, -0.1) is 0 Å². The molecule has 3 rings (SSSR count). The standard InChI is InChI=1S/C16H15Cl2N3O.C11H23NO2/c1-8-11(6-19)14(10-4-3-9(17)5-12(10)18)15-13(20-8)7-21(2)16(15)22;1-6-8-9-12(7-2)10(13)14-11(3,4)5/h3-5H,6-7,19H2,1-2H3;6-9H2,1-5H3. The Morgan fingerprint density at radius 2 is 1.89 bits per heavy atom. The molecule has 0 unspecified atom stereocenters. The van der Waals surface area contributed by atoms with E-state index >= 15 is 0 Å². The zero-order valence-electron chi connectivity index (χ0n) is 22.4. The van der Waals surface area contributed by atoms with Crippen LogP contribution in [0.25, 0.3) is 11.1 Å². The number of amides is 2. The second-order valence-corrected chi connectivity index (χ2v) is 10.6. The maximum absolute atomic E-state index is 12.5. The van der Waals surface area contributed by atoms with E-state index < -0.39 is 5.60 Å². The predicted octanol–water partition coefficient (Wildman–Crippen LogP) is 6.45. The third-order valence-electron chi connectivity index (χ3n) is 5.75. The summed E-state index contributed by atoms with van der Waals surface area (Å²) in [6.45, 7) is 13.9. The molecule has 0 saturated carbocycles. The van der Waals surface area contributed by atoms with Crippen molar-refractivity contribution in [3.63, 3.8) is 0 Å². The Morgan fingerprint density at radius 3 is 2.42 bits per heavy atom. The first-order chi connectivity index (χ1) is 16.8. The molecule has 0 aliphatic carbocycles. The molecule has 0 atom stereocenters. The lowest BCUT2D eigenvalue weighted by Gasteiger charge is -2.26. The van der Waals surface area contributed by atoms with E-state index in [1.807, 2.05) is 40.7 Å². The van der Waals surface area contributed by atoms with Gasteiger partial charge in [0, 0.05) is 53.5 Å². The zero-order chi connectivity index (χ0) is 27.2. The minimum Gasteiger partial charge on any atom is -0.444 e. The molecule has 0 spiro atoms. The van der Waals surface area contributed by atoms with Crippen LogP contribution in [0.3, 0.4) is 0 Å².